The first-order valence-corrected chi connectivity index (χ1v) is 9.66. The highest BCUT2D eigenvalue weighted by atomic mass is 35.5. The van der Waals surface area contributed by atoms with Gasteiger partial charge in [-0.05, 0) is 50.1 Å². The van der Waals surface area contributed by atoms with E-state index in [0.29, 0.717) is 26.9 Å². The van der Waals surface area contributed by atoms with E-state index >= 15 is 0 Å². The normalized spacial score (nSPS) is 11.4. The van der Waals surface area contributed by atoms with Crippen LogP contribution in [0.2, 0.25) is 10.0 Å². The highest BCUT2D eigenvalue weighted by Crippen LogP contribution is 2.23. The fraction of sp³-hybridized carbons (Fsp3) is 0.235. The molecule has 2 rings (SSSR count). The number of hydrogen-bond donors (Lipinski definition) is 2. The molecule has 25 heavy (non-hydrogen) atoms. The van der Waals surface area contributed by atoms with Crippen molar-refractivity contribution in [3.63, 3.8) is 0 Å². The third-order valence-electron chi connectivity index (χ3n) is 3.44. The third-order valence-corrected chi connectivity index (χ3v) is 5.58. The molecule has 0 spiro atoms. The van der Waals surface area contributed by atoms with Crippen molar-refractivity contribution in [2.45, 2.75) is 25.7 Å². The average molecular weight is 401 g/mol. The number of amides is 1. The minimum Gasteiger partial charge on any atom is -0.325 e. The minimum absolute atomic E-state index is 0.191. The quantitative estimate of drug-likeness (QED) is 0.800. The van der Waals surface area contributed by atoms with E-state index in [9.17, 15) is 13.2 Å². The molecule has 0 unspecified atom stereocenters. The van der Waals surface area contributed by atoms with Gasteiger partial charge in [0.2, 0.25) is 15.9 Å². The molecule has 134 valence electrons. The van der Waals surface area contributed by atoms with Crippen LogP contribution in [0.3, 0.4) is 0 Å². The van der Waals surface area contributed by atoms with E-state index in [2.05, 4.69) is 10.0 Å². The molecule has 2 aromatic rings. The summed E-state index contributed by atoms with van der Waals surface area (Å²) in [4.78, 5) is 12.2. The molecule has 0 aliphatic carbocycles. The zero-order chi connectivity index (χ0) is 18.8. The Bertz CT molecular complexity index is 884. The fourth-order valence-electron chi connectivity index (χ4n) is 2.65. The Balaban J connectivity index is 2.11. The van der Waals surface area contributed by atoms with Crippen LogP contribution in [0.25, 0.3) is 0 Å². The van der Waals surface area contributed by atoms with Crippen molar-refractivity contribution in [1.29, 1.82) is 0 Å². The fourth-order valence-corrected chi connectivity index (χ4v) is 4.61. The largest absolute Gasteiger partial charge is 0.325 e. The van der Waals surface area contributed by atoms with Gasteiger partial charge in [0.05, 0.1) is 11.4 Å². The van der Waals surface area contributed by atoms with Crippen LogP contribution in [-0.4, -0.2) is 20.9 Å². The van der Waals surface area contributed by atoms with Gasteiger partial charge in [0.15, 0.2) is 0 Å². The number of rotatable bonds is 5. The van der Waals surface area contributed by atoms with Crippen molar-refractivity contribution in [3.05, 3.63) is 57.1 Å². The van der Waals surface area contributed by atoms with Crippen LogP contribution in [0.5, 0.6) is 0 Å². The molecule has 2 aromatic carbocycles. The maximum atomic E-state index is 12.5. The third kappa shape index (κ3) is 5.19. The van der Waals surface area contributed by atoms with Gasteiger partial charge in [-0.2, -0.15) is 0 Å². The maximum Gasteiger partial charge on any atom is 0.241 e. The second-order valence-electron chi connectivity index (χ2n) is 5.76. The van der Waals surface area contributed by atoms with Gasteiger partial charge in [0, 0.05) is 15.7 Å². The van der Waals surface area contributed by atoms with E-state index in [1.54, 1.807) is 26.0 Å². The highest BCUT2D eigenvalue weighted by molar-refractivity contribution is 7.89. The summed E-state index contributed by atoms with van der Waals surface area (Å²) in [6, 6.07) is 8.15. The molecule has 8 heteroatoms. The van der Waals surface area contributed by atoms with Crippen molar-refractivity contribution >= 4 is 44.8 Å². The molecule has 5 nitrogen and oxygen atoms in total. The lowest BCUT2D eigenvalue weighted by Crippen LogP contribution is -2.33. The van der Waals surface area contributed by atoms with E-state index in [1.807, 2.05) is 6.92 Å². The lowest BCUT2D eigenvalue weighted by Gasteiger charge is -2.13. The number of carbonyl (C=O) groups is 1. The van der Waals surface area contributed by atoms with E-state index in [1.165, 1.54) is 18.2 Å². The predicted molar refractivity (Wildman–Crippen MR) is 101 cm³/mol. The molecular formula is C17H18Cl2N2O3S. The molecule has 2 N–H and O–H groups in total. The van der Waals surface area contributed by atoms with Crippen LogP contribution in [0.4, 0.5) is 5.69 Å². The van der Waals surface area contributed by atoms with Gasteiger partial charge in [-0.3, -0.25) is 4.79 Å². The van der Waals surface area contributed by atoms with Crippen molar-refractivity contribution in [2.24, 2.45) is 0 Å². The maximum absolute atomic E-state index is 12.5. The second-order valence-corrected chi connectivity index (χ2v) is 8.34. The summed E-state index contributed by atoms with van der Waals surface area (Å²) in [5, 5.41) is 3.29. The lowest BCUT2D eigenvalue weighted by molar-refractivity contribution is -0.115. The Hall–Kier alpha value is -1.60. The molecule has 0 saturated heterocycles. The summed E-state index contributed by atoms with van der Waals surface area (Å²) >= 11 is 11.7. The summed E-state index contributed by atoms with van der Waals surface area (Å²) < 4.78 is 27.4. The highest BCUT2D eigenvalue weighted by Gasteiger charge is 2.20. The van der Waals surface area contributed by atoms with Crippen LogP contribution in [0.1, 0.15) is 16.7 Å². The van der Waals surface area contributed by atoms with Crippen LogP contribution in [-0.2, 0) is 14.8 Å². The van der Waals surface area contributed by atoms with Gasteiger partial charge in [-0.25, -0.2) is 13.1 Å². The molecule has 0 aliphatic rings. The molecule has 0 fully saturated rings. The van der Waals surface area contributed by atoms with Crippen LogP contribution in [0.15, 0.2) is 35.2 Å². The number of sulfonamides is 1. The van der Waals surface area contributed by atoms with Gasteiger partial charge in [0.1, 0.15) is 0 Å². The van der Waals surface area contributed by atoms with Crippen LogP contribution < -0.4 is 10.0 Å². The lowest BCUT2D eigenvalue weighted by atomic mass is 10.1. The Morgan fingerprint density at radius 1 is 0.960 bits per heavy atom. The number of halogens is 2. The summed E-state index contributed by atoms with van der Waals surface area (Å²) in [7, 11) is -3.81. The standard InChI is InChI=1S/C17H18Cl2N2O3S/c1-10-4-11(2)17(12(3)5-10)25(23,24)20-9-16(22)21-15-7-13(18)6-14(19)8-15/h4-8,20H,9H2,1-3H3,(H,21,22). The van der Waals surface area contributed by atoms with Crippen molar-refractivity contribution in [2.75, 3.05) is 11.9 Å². The van der Waals surface area contributed by atoms with E-state index in [4.69, 9.17) is 23.2 Å². The predicted octanol–water partition coefficient (Wildman–Crippen LogP) is 3.84. The molecule has 0 bridgehead atoms. The smallest absolute Gasteiger partial charge is 0.241 e. The molecule has 0 atom stereocenters. The van der Waals surface area contributed by atoms with Gasteiger partial charge in [0.25, 0.3) is 0 Å². The van der Waals surface area contributed by atoms with Gasteiger partial charge >= 0.3 is 0 Å². The zero-order valence-electron chi connectivity index (χ0n) is 14.0. The van der Waals surface area contributed by atoms with E-state index in [-0.39, 0.29) is 4.90 Å². The van der Waals surface area contributed by atoms with Gasteiger partial charge < -0.3 is 5.32 Å². The monoisotopic (exact) mass is 400 g/mol. The number of aryl methyl sites for hydroxylation is 3. The molecule has 0 heterocycles. The van der Waals surface area contributed by atoms with Crippen molar-refractivity contribution in [1.82, 2.24) is 4.72 Å². The van der Waals surface area contributed by atoms with E-state index < -0.39 is 22.5 Å². The first kappa shape index (κ1) is 19.7. The number of hydrogen-bond acceptors (Lipinski definition) is 3. The first-order chi connectivity index (χ1) is 11.6. The Kier molecular flexibility index (Phi) is 6.11. The zero-order valence-corrected chi connectivity index (χ0v) is 16.3. The average Bonchev–Trinajstić information content (AvgIpc) is 2.42. The van der Waals surface area contributed by atoms with Crippen LogP contribution in [0, 0.1) is 20.8 Å². The minimum atomic E-state index is -3.81. The Labute approximate surface area is 157 Å². The summed E-state index contributed by atoms with van der Waals surface area (Å²) in [6.07, 6.45) is 0. The Morgan fingerprint density at radius 2 is 1.48 bits per heavy atom. The van der Waals surface area contributed by atoms with Gasteiger partial charge in [-0.15, -0.1) is 0 Å². The van der Waals surface area contributed by atoms with Crippen LogP contribution >= 0.6 is 23.2 Å². The van der Waals surface area contributed by atoms with E-state index in [0.717, 1.165) is 5.56 Å². The summed E-state index contributed by atoms with van der Waals surface area (Å²) in [6.45, 7) is 4.94. The Morgan fingerprint density at radius 3 is 2.00 bits per heavy atom. The molecule has 0 aliphatic heterocycles. The molecule has 1 amide bonds. The number of benzene rings is 2. The number of nitrogens with one attached hydrogen (secondary N) is 2. The summed E-state index contributed by atoms with van der Waals surface area (Å²) in [5.74, 6) is -0.524. The summed E-state index contributed by atoms with van der Waals surface area (Å²) in [5.41, 5.74) is 2.63. The SMILES string of the molecule is Cc1cc(C)c(S(=O)(=O)NCC(=O)Nc2cc(Cl)cc(Cl)c2)c(C)c1. The molecule has 0 radical (unpaired) electrons. The second kappa shape index (κ2) is 7.74. The van der Waals surface area contributed by atoms with Gasteiger partial charge in [-0.1, -0.05) is 40.9 Å². The van der Waals surface area contributed by atoms with Crippen molar-refractivity contribution < 1.29 is 13.2 Å². The topological polar surface area (TPSA) is 75.3 Å². The van der Waals surface area contributed by atoms with Crippen molar-refractivity contribution in [3.8, 4) is 0 Å². The number of anilines is 1. The molecular weight excluding hydrogens is 383 g/mol. The molecule has 0 aromatic heterocycles. The molecule has 0 saturated carbocycles. The number of carbonyl (C=O) groups excluding carboxylic acids is 1. The first-order valence-electron chi connectivity index (χ1n) is 7.42.